The van der Waals surface area contributed by atoms with Crippen LogP contribution in [0.2, 0.25) is 0 Å². The van der Waals surface area contributed by atoms with Gasteiger partial charge >= 0.3 is 0 Å². The highest BCUT2D eigenvalue weighted by molar-refractivity contribution is 7.22. The van der Waals surface area contributed by atoms with Crippen molar-refractivity contribution in [1.29, 1.82) is 0 Å². The van der Waals surface area contributed by atoms with Gasteiger partial charge in [-0.1, -0.05) is 30.3 Å². The van der Waals surface area contributed by atoms with Gasteiger partial charge in [-0.05, 0) is 59.7 Å². The number of hydrogen-bond donors (Lipinski definition) is 0. The van der Waals surface area contributed by atoms with Gasteiger partial charge in [0.1, 0.15) is 5.82 Å². The molecule has 0 aliphatic carbocycles. The van der Waals surface area contributed by atoms with E-state index in [9.17, 15) is 9.18 Å². The van der Waals surface area contributed by atoms with Gasteiger partial charge in [0, 0.05) is 47.4 Å². The maximum atomic E-state index is 13.4. The largest absolute Gasteiger partial charge is 0.311 e. The minimum absolute atomic E-state index is 0.144. The molecule has 0 radical (unpaired) electrons. The fourth-order valence-corrected chi connectivity index (χ4v) is 6.40. The second-order valence-electron chi connectivity index (χ2n) is 8.86. The molecule has 0 amide bonds. The Morgan fingerprint density at radius 1 is 0.968 bits per heavy atom. The van der Waals surface area contributed by atoms with Gasteiger partial charge in [-0.3, -0.25) is 9.69 Å². The van der Waals surface area contributed by atoms with Crippen molar-refractivity contribution < 1.29 is 4.39 Å². The Kier molecular flexibility index (Phi) is 4.55. The molecule has 2 aromatic heterocycles. The second-order valence-corrected chi connectivity index (χ2v) is 9.94. The number of benzene rings is 2. The summed E-state index contributed by atoms with van der Waals surface area (Å²) < 4.78 is 16.5. The van der Waals surface area contributed by atoms with Gasteiger partial charge in [0.25, 0.3) is 5.56 Å². The van der Waals surface area contributed by atoms with Crippen molar-refractivity contribution in [2.24, 2.45) is 5.92 Å². The van der Waals surface area contributed by atoms with Gasteiger partial charge in [0.05, 0.1) is 5.56 Å². The summed E-state index contributed by atoms with van der Waals surface area (Å²) in [6.07, 6.45) is 1.14. The molecule has 3 nitrogen and oxygen atoms in total. The topological polar surface area (TPSA) is 25.2 Å². The first kappa shape index (κ1) is 19.0. The molecule has 6 rings (SSSR count). The van der Waals surface area contributed by atoms with Crippen molar-refractivity contribution >= 4 is 21.4 Å². The van der Waals surface area contributed by atoms with Crippen LogP contribution in [0, 0.1) is 11.7 Å². The molecule has 1 saturated heterocycles. The average Bonchev–Trinajstić information content (AvgIpc) is 3.20. The third kappa shape index (κ3) is 3.42. The van der Waals surface area contributed by atoms with Gasteiger partial charge in [0.15, 0.2) is 0 Å². The molecule has 2 aliphatic rings. The number of hydrogen-bond acceptors (Lipinski definition) is 3. The van der Waals surface area contributed by atoms with Crippen molar-refractivity contribution in [1.82, 2.24) is 9.47 Å². The van der Waals surface area contributed by atoms with Crippen LogP contribution in [0.5, 0.6) is 0 Å². The summed E-state index contributed by atoms with van der Waals surface area (Å²) in [5, 5.41) is 1.19. The highest BCUT2D eigenvalue weighted by atomic mass is 32.1. The Balaban J connectivity index is 1.30. The van der Waals surface area contributed by atoms with E-state index in [-0.39, 0.29) is 11.4 Å². The van der Waals surface area contributed by atoms with Gasteiger partial charge in [-0.25, -0.2) is 4.39 Å². The van der Waals surface area contributed by atoms with Gasteiger partial charge < -0.3 is 4.57 Å². The summed E-state index contributed by atoms with van der Waals surface area (Å²) in [4.78, 5) is 17.0. The SMILES string of the molecule is O=c1c(-c2cc3ccccc3s2)ccc2n1C[C@@H]1C[C@@H]2CN(Cc2ccc(F)cc2)C1. The Hall–Kier alpha value is -2.76. The molecule has 0 N–H and O–H groups in total. The minimum atomic E-state index is -0.193. The quantitative estimate of drug-likeness (QED) is 0.430. The van der Waals surface area contributed by atoms with Crippen LogP contribution < -0.4 is 5.56 Å². The van der Waals surface area contributed by atoms with Gasteiger partial charge in [-0.15, -0.1) is 11.3 Å². The zero-order valence-electron chi connectivity index (χ0n) is 17.1. The number of pyridine rings is 1. The summed E-state index contributed by atoms with van der Waals surface area (Å²) in [6, 6.07) is 21.4. The lowest BCUT2D eigenvalue weighted by Crippen LogP contribution is -2.46. The first-order valence-electron chi connectivity index (χ1n) is 10.8. The summed E-state index contributed by atoms with van der Waals surface area (Å²) in [5.41, 5.74) is 3.26. The normalized spacial score (nSPS) is 20.7. The minimum Gasteiger partial charge on any atom is -0.311 e. The van der Waals surface area contributed by atoms with Gasteiger partial charge in [-0.2, -0.15) is 0 Å². The average molecular weight is 431 g/mol. The van der Waals surface area contributed by atoms with Crippen molar-refractivity contribution in [2.45, 2.75) is 25.4 Å². The maximum Gasteiger partial charge on any atom is 0.259 e. The van der Waals surface area contributed by atoms with E-state index in [2.05, 4.69) is 29.2 Å². The van der Waals surface area contributed by atoms with Crippen LogP contribution in [0.4, 0.5) is 4.39 Å². The summed E-state index contributed by atoms with van der Waals surface area (Å²) >= 11 is 1.69. The molecule has 2 aliphatic heterocycles. The summed E-state index contributed by atoms with van der Waals surface area (Å²) in [6.45, 7) is 3.53. The molecule has 4 heterocycles. The number of nitrogens with zero attached hydrogens (tertiary/aromatic N) is 2. The zero-order chi connectivity index (χ0) is 20.9. The second kappa shape index (κ2) is 7.43. The van der Waals surface area contributed by atoms with Crippen LogP contribution >= 0.6 is 11.3 Å². The lowest BCUT2D eigenvalue weighted by Gasteiger charge is -2.43. The molecule has 156 valence electrons. The number of rotatable bonds is 3. The third-order valence-electron chi connectivity index (χ3n) is 6.69. The van der Waals surface area contributed by atoms with E-state index in [4.69, 9.17) is 0 Å². The first-order chi connectivity index (χ1) is 15.1. The number of halogens is 1. The highest BCUT2D eigenvalue weighted by Crippen LogP contribution is 2.37. The fourth-order valence-electron chi connectivity index (χ4n) is 5.32. The standard InChI is InChI=1S/C26H23FN2OS/c27-21-7-5-17(6-8-21)13-28-14-18-11-20(16-28)23-10-9-22(26(30)29(23)15-18)25-12-19-3-1-2-4-24(19)31-25/h1-10,12,18,20H,11,13-16H2/t18-,20-/m1/s1. The highest BCUT2D eigenvalue weighted by Gasteiger charge is 2.35. The molecule has 0 unspecified atom stereocenters. The van der Waals surface area contributed by atoms with E-state index in [0.29, 0.717) is 11.8 Å². The Labute approximate surface area is 184 Å². The van der Waals surface area contributed by atoms with Crippen LogP contribution in [0.25, 0.3) is 20.5 Å². The molecule has 2 aromatic carbocycles. The smallest absolute Gasteiger partial charge is 0.259 e. The Morgan fingerprint density at radius 3 is 2.65 bits per heavy atom. The molecule has 1 fully saturated rings. The first-order valence-corrected chi connectivity index (χ1v) is 11.7. The summed E-state index contributed by atoms with van der Waals surface area (Å²) in [7, 11) is 0. The number of thiophene rings is 1. The van der Waals surface area contributed by atoms with Crippen LogP contribution in [0.15, 0.2) is 71.5 Å². The maximum absolute atomic E-state index is 13.4. The molecular weight excluding hydrogens is 407 g/mol. The molecule has 2 atom stereocenters. The predicted octanol–water partition coefficient (Wildman–Crippen LogP) is 5.49. The van der Waals surface area contributed by atoms with Crippen molar-refractivity contribution in [3.63, 3.8) is 0 Å². The van der Waals surface area contributed by atoms with E-state index in [1.54, 1.807) is 11.3 Å². The van der Waals surface area contributed by atoms with Crippen LogP contribution in [-0.2, 0) is 13.1 Å². The fraction of sp³-hybridized carbons (Fsp3) is 0.269. The monoisotopic (exact) mass is 430 g/mol. The Morgan fingerprint density at radius 2 is 1.81 bits per heavy atom. The van der Waals surface area contributed by atoms with Crippen LogP contribution in [0.1, 0.15) is 23.6 Å². The van der Waals surface area contributed by atoms with Crippen molar-refractivity contribution in [3.05, 3.63) is 94.2 Å². The number of piperidine rings is 1. The zero-order valence-corrected chi connectivity index (χ0v) is 17.9. The van der Waals surface area contributed by atoms with E-state index >= 15 is 0 Å². The third-order valence-corrected chi connectivity index (χ3v) is 7.84. The van der Waals surface area contributed by atoms with Crippen LogP contribution in [0.3, 0.4) is 0 Å². The summed E-state index contributed by atoms with van der Waals surface area (Å²) in [5.74, 6) is 0.654. The van der Waals surface area contributed by atoms with E-state index in [1.807, 2.05) is 34.9 Å². The van der Waals surface area contributed by atoms with E-state index < -0.39 is 0 Å². The van der Waals surface area contributed by atoms with Crippen LogP contribution in [-0.4, -0.2) is 22.6 Å². The lowest BCUT2D eigenvalue weighted by atomic mass is 9.82. The lowest BCUT2D eigenvalue weighted by molar-refractivity contribution is 0.114. The number of aromatic nitrogens is 1. The van der Waals surface area contributed by atoms with E-state index in [0.717, 1.165) is 54.3 Å². The predicted molar refractivity (Wildman–Crippen MR) is 124 cm³/mol. The number of fused-ring (bicyclic) bond motifs is 5. The molecule has 4 aromatic rings. The molecule has 5 heteroatoms. The van der Waals surface area contributed by atoms with E-state index in [1.165, 1.54) is 22.2 Å². The molecule has 0 spiro atoms. The molecule has 31 heavy (non-hydrogen) atoms. The van der Waals surface area contributed by atoms with Crippen molar-refractivity contribution in [2.75, 3.05) is 13.1 Å². The molecule has 2 bridgehead atoms. The molecular formula is C26H23FN2OS. The van der Waals surface area contributed by atoms with Crippen molar-refractivity contribution in [3.8, 4) is 10.4 Å². The molecule has 0 saturated carbocycles. The number of likely N-dealkylation sites (tertiary alicyclic amines) is 1. The van der Waals surface area contributed by atoms with Gasteiger partial charge in [0.2, 0.25) is 0 Å². The Bertz CT molecular complexity index is 1290.